The van der Waals surface area contributed by atoms with E-state index in [2.05, 4.69) is 15.3 Å². The van der Waals surface area contributed by atoms with Crippen LogP contribution in [0.25, 0.3) is 10.9 Å². The van der Waals surface area contributed by atoms with Gasteiger partial charge in [-0.1, -0.05) is 12.1 Å². The summed E-state index contributed by atoms with van der Waals surface area (Å²) in [6.07, 6.45) is 1.55. The van der Waals surface area contributed by atoms with Gasteiger partial charge in [-0.15, -0.1) is 0 Å². The number of nitrogens with one attached hydrogen (secondary N) is 1. The molecule has 0 radical (unpaired) electrons. The lowest BCUT2D eigenvalue weighted by Gasteiger charge is -2.08. The molecule has 0 saturated heterocycles. The average molecular weight is 340 g/mol. The predicted octanol–water partition coefficient (Wildman–Crippen LogP) is 2.52. The highest BCUT2D eigenvalue weighted by Crippen LogP contribution is 2.20. The van der Waals surface area contributed by atoms with Crippen LogP contribution in [0.5, 0.6) is 5.75 Å². The van der Waals surface area contributed by atoms with Gasteiger partial charge >= 0.3 is 0 Å². The molecular weight excluding hydrogens is 324 g/mol. The second kappa shape index (κ2) is 7.54. The molecule has 0 aliphatic heterocycles. The molecule has 1 heterocycles. The van der Waals surface area contributed by atoms with Crippen LogP contribution >= 0.6 is 0 Å². The maximum Gasteiger partial charge on any atom is 0.270 e. The molecule has 25 heavy (non-hydrogen) atoms. The van der Waals surface area contributed by atoms with Gasteiger partial charge in [0.05, 0.1) is 17.0 Å². The lowest BCUT2D eigenvalue weighted by Crippen LogP contribution is -2.05. The number of anilines is 1. The number of nitro groups is 1. The van der Waals surface area contributed by atoms with Crippen molar-refractivity contribution in [3.63, 3.8) is 0 Å². The Morgan fingerprint density at radius 1 is 1.24 bits per heavy atom. The Balaban J connectivity index is 1.71. The maximum absolute atomic E-state index is 10.8. The lowest BCUT2D eigenvalue weighted by atomic mass is 10.2. The van der Waals surface area contributed by atoms with Crippen LogP contribution in [0.3, 0.4) is 0 Å². The second-order valence-electron chi connectivity index (χ2n) is 5.27. The van der Waals surface area contributed by atoms with Gasteiger partial charge in [-0.25, -0.2) is 9.97 Å². The lowest BCUT2D eigenvalue weighted by molar-refractivity contribution is -0.384. The quantitative estimate of drug-likeness (QED) is 0.502. The molecule has 0 saturated carbocycles. The van der Waals surface area contributed by atoms with Gasteiger partial charge in [-0.05, 0) is 23.8 Å². The molecule has 8 heteroatoms. The zero-order valence-electron chi connectivity index (χ0n) is 13.3. The van der Waals surface area contributed by atoms with Gasteiger partial charge in [0, 0.05) is 30.3 Å². The molecule has 0 amide bonds. The molecule has 0 bridgehead atoms. The summed E-state index contributed by atoms with van der Waals surface area (Å²) in [7, 11) is 0. The number of aromatic nitrogens is 2. The van der Waals surface area contributed by atoms with E-state index in [4.69, 9.17) is 9.84 Å². The summed E-state index contributed by atoms with van der Waals surface area (Å²) in [6.45, 7) is 0.706. The van der Waals surface area contributed by atoms with E-state index in [9.17, 15) is 10.1 Å². The Hall–Kier alpha value is -3.26. The molecule has 128 valence electrons. The first-order valence-electron chi connectivity index (χ1n) is 7.63. The third-order valence-electron chi connectivity index (χ3n) is 3.48. The van der Waals surface area contributed by atoms with Crippen molar-refractivity contribution in [1.29, 1.82) is 0 Å². The molecule has 0 aliphatic rings. The first-order chi connectivity index (χ1) is 12.2. The van der Waals surface area contributed by atoms with Crippen molar-refractivity contribution in [1.82, 2.24) is 9.97 Å². The molecule has 0 spiro atoms. The highest BCUT2D eigenvalue weighted by atomic mass is 16.6. The van der Waals surface area contributed by atoms with Gasteiger partial charge in [0.25, 0.3) is 5.69 Å². The van der Waals surface area contributed by atoms with E-state index in [0.29, 0.717) is 29.1 Å². The number of nitrogens with zero attached hydrogens (tertiary/aromatic N) is 3. The summed E-state index contributed by atoms with van der Waals surface area (Å²) in [5, 5.41) is 23.3. The maximum atomic E-state index is 10.8. The second-order valence-corrected chi connectivity index (χ2v) is 5.27. The Bertz CT molecular complexity index is 901. The van der Waals surface area contributed by atoms with Crippen LogP contribution in [0.2, 0.25) is 0 Å². The van der Waals surface area contributed by atoms with E-state index < -0.39 is 4.92 Å². The van der Waals surface area contributed by atoms with E-state index in [0.717, 1.165) is 5.56 Å². The van der Waals surface area contributed by atoms with Crippen molar-refractivity contribution >= 4 is 22.5 Å². The number of non-ortho nitro benzene ring substituents is 1. The number of nitro benzene ring substituents is 1. The smallest absolute Gasteiger partial charge is 0.270 e. The van der Waals surface area contributed by atoms with Crippen molar-refractivity contribution in [2.75, 3.05) is 18.5 Å². The summed E-state index contributed by atoms with van der Waals surface area (Å²) < 4.78 is 5.37. The van der Waals surface area contributed by atoms with Crippen LogP contribution in [0.4, 0.5) is 11.6 Å². The molecule has 3 rings (SSSR count). The molecule has 1 aromatic heterocycles. The number of benzene rings is 2. The van der Waals surface area contributed by atoms with Gasteiger partial charge in [0.1, 0.15) is 12.4 Å². The van der Waals surface area contributed by atoms with Crippen LogP contribution in [0.1, 0.15) is 5.56 Å². The molecule has 0 fully saturated rings. The van der Waals surface area contributed by atoms with Crippen molar-refractivity contribution < 1.29 is 14.8 Å². The molecule has 2 aromatic carbocycles. The van der Waals surface area contributed by atoms with Crippen LogP contribution < -0.4 is 10.1 Å². The predicted molar refractivity (Wildman–Crippen MR) is 92.5 cm³/mol. The zero-order chi connectivity index (χ0) is 17.6. The first kappa shape index (κ1) is 16.6. The Kier molecular flexibility index (Phi) is 5.00. The van der Waals surface area contributed by atoms with Gasteiger partial charge in [0.15, 0.2) is 0 Å². The van der Waals surface area contributed by atoms with Gasteiger partial charge in [0.2, 0.25) is 5.95 Å². The fraction of sp³-hybridized carbons (Fsp3) is 0.176. The zero-order valence-corrected chi connectivity index (χ0v) is 13.3. The summed E-state index contributed by atoms with van der Waals surface area (Å²) in [4.78, 5) is 18.9. The highest BCUT2D eigenvalue weighted by Gasteiger charge is 2.08. The van der Waals surface area contributed by atoms with Crippen LogP contribution in [-0.2, 0) is 6.54 Å². The molecule has 0 atom stereocenters. The fourth-order valence-corrected chi connectivity index (χ4v) is 2.31. The number of aliphatic hydroxyl groups is 1. The van der Waals surface area contributed by atoms with E-state index in [-0.39, 0.29) is 18.9 Å². The van der Waals surface area contributed by atoms with Crippen molar-refractivity contribution in [2.45, 2.75) is 6.54 Å². The van der Waals surface area contributed by atoms with E-state index in [1.54, 1.807) is 12.3 Å². The number of fused-ring (bicyclic) bond motifs is 1. The molecular formula is C17H16N4O4. The fourth-order valence-electron chi connectivity index (χ4n) is 2.31. The number of rotatable bonds is 7. The SMILES string of the molecule is O=[N+]([O-])c1ccc2nc(NCc3cccc(OCCO)c3)ncc2c1. The van der Waals surface area contributed by atoms with Crippen LogP contribution in [-0.4, -0.2) is 33.2 Å². The minimum Gasteiger partial charge on any atom is -0.491 e. The van der Waals surface area contributed by atoms with Crippen LogP contribution in [0, 0.1) is 10.1 Å². The van der Waals surface area contributed by atoms with Gasteiger partial charge in [-0.2, -0.15) is 0 Å². The Labute approximate surface area is 143 Å². The number of ether oxygens (including phenoxy) is 1. The molecule has 3 aromatic rings. The molecule has 0 aliphatic carbocycles. The topological polar surface area (TPSA) is 110 Å². The minimum atomic E-state index is -0.447. The van der Waals surface area contributed by atoms with Gasteiger partial charge < -0.3 is 15.2 Å². The number of aliphatic hydroxyl groups excluding tert-OH is 1. The van der Waals surface area contributed by atoms with Crippen molar-refractivity contribution in [3.8, 4) is 5.75 Å². The first-order valence-corrected chi connectivity index (χ1v) is 7.63. The minimum absolute atomic E-state index is 0.0107. The Morgan fingerprint density at radius 2 is 2.12 bits per heavy atom. The highest BCUT2D eigenvalue weighted by molar-refractivity contribution is 5.81. The monoisotopic (exact) mass is 340 g/mol. The van der Waals surface area contributed by atoms with E-state index >= 15 is 0 Å². The molecule has 0 unspecified atom stereocenters. The normalized spacial score (nSPS) is 10.6. The number of hydrogen-bond acceptors (Lipinski definition) is 7. The third kappa shape index (κ3) is 4.18. The summed E-state index contributed by atoms with van der Waals surface area (Å²) >= 11 is 0. The summed E-state index contributed by atoms with van der Waals surface area (Å²) in [5.74, 6) is 1.11. The largest absolute Gasteiger partial charge is 0.491 e. The Morgan fingerprint density at radius 3 is 2.92 bits per heavy atom. The third-order valence-corrected chi connectivity index (χ3v) is 3.48. The van der Waals surface area contributed by atoms with E-state index in [1.165, 1.54) is 12.1 Å². The number of hydrogen-bond donors (Lipinski definition) is 2. The molecule has 8 nitrogen and oxygen atoms in total. The van der Waals surface area contributed by atoms with Crippen molar-refractivity contribution in [3.05, 3.63) is 64.3 Å². The average Bonchev–Trinajstić information content (AvgIpc) is 2.64. The summed E-state index contributed by atoms with van der Waals surface area (Å²) in [5.41, 5.74) is 1.61. The van der Waals surface area contributed by atoms with Crippen LogP contribution in [0.15, 0.2) is 48.7 Å². The van der Waals surface area contributed by atoms with E-state index in [1.807, 2.05) is 24.3 Å². The molecule has 2 N–H and O–H groups in total. The standard InChI is InChI=1S/C17H16N4O4/c22-6-7-25-15-3-1-2-12(8-15)10-18-17-19-11-13-9-14(21(23)24)4-5-16(13)20-17/h1-5,8-9,11,22H,6-7,10H2,(H,18,19,20). The summed E-state index contributed by atoms with van der Waals surface area (Å²) in [6, 6.07) is 11.9. The van der Waals surface area contributed by atoms with Crippen molar-refractivity contribution in [2.24, 2.45) is 0 Å². The van der Waals surface area contributed by atoms with Gasteiger partial charge in [-0.3, -0.25) is 10.1 Å².